The van der Waals surface area contributed by atoms with Crippen LogP contribution in [0.5, 0.6) is 5.75 Å². The highest BCUT2D eigenvalue weighted by molar-refractivity contribution is 6.73. The van der Waals surface area contributed by atoms with E-state index in [4.69, 9.17) is 9.47 Å². The molecule has 1 atom stereocenters. The van der Waals surface area contributed by atoms with Crippen molar-refractivity contribution in [2.75, 3.05) is 13.2 Å². The minimum absolute atomic E-state index is 0.146. The quantitative estimate of drug-likeness (QED) is 0.736. The molecule has 1 aromatic rings. The first-order chi connectivity index (χ1) is 7.55. The van der Waals surface area contributed by atoms with E-state index >= 15 is 0 Å². The van der Waals surface area contributed by atoms with Gasteiger partial charge in [-0.1, -0.05) is 5.46 Å². The Morgan fingerprint density at radius 3 is 2.81 bits per heavy atom. The standard InChI is InChI=1S/C9H10BF3NO2/c11-10(12,13)7-3-9(5-14-4-7)16-8-1-2-15-6-8/h3-5,8H,1-2,6H2/q-1. The van der Waals surface area contributed by atoms with Crippen LogP contribution in [0, 0.1) is 0 Å². The molecule has 7 heteroatoms. The summed E-state index contributed by atoms with van der Waals surface area (Å²) in [7, 11) is 0. The van der Waals surface area contributed by atoms with E-state index in [2.05, 4.69) is 4.98 Å². The predicted octanol–water partition coefficient (Wildman–Crippen LogP) is 1.30. The maximum atomic E-state index is 12.4. The molecule has 1 aromatic heterocycles. The first kappa shape index (κ1) is 11.3. The largest absolute Gasteiger partial charge is 0.511 e. The van der Waals surface area contributed by atoms with Gasteiger partial charge in [0.2, 0.25) is 0 Å². The van der Waals surface area contributed by atoms with Crippen LogP contribution in [-0.2, 0) is 4.74 Å². The molecule has 0 saturated carbocycles. The Balaban J connectivity index is 2.09. The number of hydrogen-bond donors (Lipinski definition) is 0. The average Bonchev–Trinajstić information content (AvgIpc) is 2.70. The Morgan fingerprint density at radius 1 is 1.38 bits per heavy atom. The zero-order valence-electron chi connectivity index (χ0n) is 8.41. The van der Waals surface area contributed by atoms with Crippen molar-refractivity contribution in [1.29, 1.82) is 0 Å². The number of halogens is 3. The maximum absolute atomic E-state index is 12.4. The molecular weight excluding hydrogens is 222 g/mol. The van der Waals surface area contributed by atoms with Crippen molar-refractivity contribution in [1.82, 2.24) is 4.98 Å². The maximum Gasteiger partial charge on any atom is 0.511 e. The van der Waals surface area contributed by atoms with Gasteiger partial charge in [-0.2, -0.15) is 0 Å². The Morgan fingerprint density at radius 2 is 2.19 bits per heavy atom. The molecule has 3 nitrogen and oxygen atoms in total. The Labute approximate surface area is 90.6 Å². The minimum Gasteiger partial charge on any atom is -0.486 e. The second-order valence-corrected chi connectivity index (χ2v) is 3.63. The predicted molar refractivity (Wildman–Crippen MR) is 52.8 cm³/mol. The van der Waals surface area contributed by atoms with Crippen LogP contribution in [-0.4, -0.2) is 31.3 Å². The SMILES string of the molecule is F[B-](F)(F)c1cncc(OC2CCOC2)c1. The first-order valence-corrected chi connectivity index (χ1v) is 4.95. The van der Waals surface area contributed by atoms with Crippen LogP contribution >= 0.6 is 0 Å². The van der Waals surface area contributed by atoms with Crippen LogP contribution in [0.1, 0.15) is 6.42 Å². The summed E-state index contributed by atoms with van der Waals surface area (Å²) in [4.78, 5) is 3.52. The van der Waals surface area contributed by atoms with Gasteiger partial charge in [-0.3, -0.25) is 4.98 Å². The second-order valence-electron chi connectivity index (χ2n) is 3.63. The lowest BCUT2D eigenvalue weighted by Gasteiger charge is -2.17. The van der Waals surface area contributed by atoms with E-state index in [9.17, 15) is 12.9 Å². The Kier molecular flexibility index (Phi) is 3.04. The lowest BCUT2D eigenvalue weighted by molar-refractivity contribution is 0.141. The molecule has 0 aliphatic carbocycles. The summed E-state index contributed by atoms with van der Waals surface area (Å²) >= 11 is 0. The number of nitrogens with zero attached hydrogens (tertiary/aromatic N) is 1. The summed E-state index contributed by atoms with van der Waals surface area (Å²) < 4.78 is 47.7. The van der Waals surface area contributed by atoms with E-state index in [1.54, 1.807) is 0 Å². The molecule has 1 aliphatic rings. The summed E-state index contributed by atoms with van der Waals surface area (Å²) in [5.74, 6) is 0.146. The smallest absolute Gasteiger partial charge is 0.486 e. The van der Waals surface area contributed by atoms with Crippen molar-refractivity contribution in [2.24, 2.45) is 0 Å². The fourth-order valence-corrected chi connectivity index (χ4v) is 1.48. The molecule has 88 valence electrons. The molecular formula is C9H10BF3NO2-. The highest BCUT2D eigenvalue weighted by Gasteiger charge is 2.26. The molecule has 1 aliphatic heterocycles. The first-order valence-electron chi connectivity index (χ1n) is 4.95. The van der Waals surface area contributed by atoms with E-state index in [-0.39, 0.29) is 11.9 Å². The van der Waals surface area contributed by atoms with Crippen molar-refractivity contribution in [3.8, 4) is 5.75 Å². The normalized spacial score (nSPS) is 21.1. The van der Waals surface area contributed by atoms with Gasteiger partial charge in [-0.25, -0.2) is 0 Å². The summed E-state index contributed by atoms with van der Waals surface area (Å²) in [5, 5.41) is 0. The molecule has 0 radical (unpaired) electrons. The third kappa shape index (κ3) is 2.66. The molecule has 0 spiro atoms. The zero-order valence-corrected chi connectivity index (χ0v) is 8.41. The number of ether oxygens (including phenoxy) is 2. The van der Waals surface area contributed by atoms with E-state index in [1.807, 2.05) is 0 Å². The molecule has 1 saturated heterocycles. The van der Waals surface area contributed by atoms with Gasteiger partial charge in [-0.05, 0) is 6.07 Å². The monoisotopic (exact) mass is 232 g/mol. The number of aromatic nitrogens is 1. The van der Waals surface area contributed by atoms with Crippen LogP contribution in [0.2, 0.25) is 0 Å². The molecule has 2 heterocycles. The number of hydrogen-bond acceptors (Lipinski definition) is 3. The van der Waals surface area contributed by atoms with Crippen molar-refractivity contribution < 1.29 is 22.4 Å². The summed E-state index contributed by atoms with van der Waals surface area (Å²) in [6.45, 7) is -4.02. The lowest BCUT2D eigenvalue weighted by atomic mass is 9.81. The van der Waals surface area contributed by atoms with Gasteiger partial charge in [0.15, 0.2) is 0 Å². The minimum atomic E-state index is -5.02. The van der Waals surface area contributed by atoms with E-state index in [0.29, 0.717) is 19.6 Å². The highest BCUT2D eigenvalue weighted by atomic mass is 19.4. The summed E-state index contributed by atoms with van der Waals surface area (Å²) in [5.41, 5.74) is -0.739. The Hall–Kier alpha value is -1.24. The third-order valence-corrected chi connectivity index (χ3v) is 2.30. The summed E-state index contributed by atoms with van der Waals surface area (Å²) in [6.07, 6.45) is 2.61. The topological polar surface area (TPSA) is 31.4 Å². The molecule has 2 rings (SSSR count). The van der Waals surface area contributed by atoms with Crippen molar-refractivity contribution in [2.45, 2.75) is 12.5 Å². The molecule has 1 fully saturated rings. The molecule has 0 bridgehead atoms. The van der Waals surface area contributed by atoms with Crippen molar-refractivity contribution >= 4 is 12.4 Å². The van der Waals surface area contributed by atoms with Gasteiger partial charge >= 0.3 is 6.98 Å². The highest BCUT2D eigenvalue weighted by Crippen LogP contribution is 2.17. The Bertz CT molecular complexity index is 366. The zero-order chi connectivity index (χ0) is 11.6. The fraction of sp³-hybridized carbons (Fsp3) is 0.444. The molecule has 0 N–H and O–H groups in total. The van der Waals surface area contributed by atoms with Crippen molar-refractivity contribution in [3.05, 3.63) is 18.5 Å². The lowest BCUT2D eigenvalue weighted by Crippen LogP contribution is -2.34. The van der Waals surface area contributed by atoms with Gasteiger partial charge in [0.05, 0.1) is 19.4 Å². The molecule has 0 amide bonds. The van der Waals surface area contributed by atoms with Crippen LogP contribution < -0.4 is 10.2 Å². The fourth-order valence-electron chi connectivity index (χ4n) is 1.48. The second kappa shape index (κ2) is 4.33. The molecule has 1 unspecified atom stereocenters. The third-order valence-electron chi connectivity index (χ3n) is 2.30. The van der Waals surface area contributed by atoms with Crippen LogP contribution in [0.4, 0.5) is 12.9 Å². The van der Waals surface area contributed by atoms with Gasteiger partial charge in [0.1, 0.15) is 11.9 Å². The van der Waals surface area contributed by atoms with Gasteiger partial charge in [0.25, 0.3) is 0 Å². The average molecular weight is 232 g/mol. The van der Waals surface area contributed by atoms with E-state index < -0.39 is 12.4 Å². The van der Waals surface area contributed by atoms with Crippen molar-refractivity contribution in [3.63, 3.8) is 0 Å². The molecule has 16 heavy (non-hydrogen) atoms. The van der Waals surface area contributed by atoms with E-state index in [0.717, 1.165) is 12.3 Å². The van der Waals surface area contributed by atoms with Gasteiger partial charge in [-0.15, -0.1) is 0 Å². The van der Waals surface area contributed by atoms with Crippen LogP contribution in [0.25, 0.3) is 0 Å². The van der Waals surface area contributed by atoms with Crippen LogP contribution in [0.15, 0.2) is 18.5 Å². The van der Waals surface area contributed by atoms with E-state index in [1.165, 1.54) is 6.20 Å². The molecule has 0 aromatic carbocycles. The van der Waals surface area contributed by atoms with Gasteiger partial charge in [0, 0.05) is 12.6 Å². The number of pyridine rings is 1. The summed E-state index contributed by atoms with van der Waals surface area (Å²) in [6, 6.07) is 0.977. The number of rotatable bonds is 3. The van der Waals surface area contributed by atoms with Crippen LogP contribution in [0.3, 0.4) is 0 Å². The van der Waals surface area contributed by atoms with Gasteiger partial charge < -0.3 is 22.4 Å².